The van der Waals surface area contributed by atoms with Crippen molar-refractivity contribution in [2.24, 2.45) is 0 Å². The second-order valence-corrected chi connectivity index (χ2v) is 5.63. The molecule has 2 nitrogen and oxygen atoms in total. The zero-order valence-corrected chi connectivity index (χ0v) is 13.3. The summed E-state index contributed by atoms with van der Waals surface area (Å²) in [6, 6.07) is 10.9. The Labute approximate surface area is 134 Å². The first-order valence-corrected chi connectivity index (χ1v) is 7.22. The second-order valence-electron chi connectivity index (χ2n) is 4.78. The minimum Gasteiger partial charge on any atom is -0.361 e. The predicted molar refractivity (Wildman–Crippen MR) is 89.5 cm³/mol. The van der Waals surface area contributed by atoms with Crippen molar-refractivity contribution in [1.29, 1.82) is 0 Å². The van der Waals surface area contributed by atoms with Crippen molar-refractivity contribution in [2.45, 2.75) is 13.8 Å². The van der Waals surface area contributed by atoms with E-state index in [-0.39, 0.29) is 5.78 Å². The molecule has 2 aromatic rings. The van der Waals surface area contributed by atoms with E-state index in [1.807, 2.05) is 32.0 Å². The van der Waals surface area contributed by atoms with E-state index in [1.165, 1.54) is 6.08 Å². The molecule has 2 aromatic carbocycles. The molecule has 0 aliphatic heterocycles. The van der Waals surface area contributed by atoms with Crippen LogP contribution in [0.3, 0.4) is 0 Å². The molecule has 108 valence electrons. The summed E-state index contributed by atoms with van der Waals surface area (Å²) in [4.78, 5) is 12.1. The Hall–Kier alpha value is -1.77. The summed E-state index contributed by atoms with van der Waals surface area (Å²) in [5, 5.41) is 3.97. The fourth-order valence-corrected chi connectivity index (χ4v) is 2.38. The maximum atomic E-state index is 12.1. The van der Waals surface area contributed by atoms with Crippen molar-refractivity contribution >= 4 is 34.7 Å². The molecule has 0 atom stereocenters. The number of aryl methyl sites for hydroxylation is 2. The molecule has 0 aliphatic carbocycles. The van der Waals surface area contributed by atoms with Gasteiger partial charge in [0.25, 0.3) is 0 Å². The van der Waals surface area contributed by atoms with Crippen LogP contribution in [0.5, 0.6) is 0 Å². The van der Waals surface area contributed by atoms with E-state index < -0.39 is 0 Å². The van der Waals surface area contributed by atoms with Gasteiger partial charge in [0.2, 0.25) is 0 Å². The number of hydrogen-bond acceptors (Lipinski definition) is 2. The molecular formula is C17H15Cl2NO. The number of hydrogen-bond donors (Lipinski definition) is 1. The van der Waals surface area contributed by atoms with Crippen molar-refractivity contribution in [3.8, 4) is 0 Å². The zero-order valence-electron chi connectivity index (χ0n) is 11.8. The van der Waals surface area contributed by atoms with Gasteiger partial charge in [0.1, 0.15) is 0 Å². The van der Waals surface area contributed by atoms with Crippen molar-refractivity contribution in [3.63, 3.8) is 0 Å². The molecule has 0 fully saturated rings. The van der Waals surface area contributed by atoms with E-state index in [0.717, 1.165) is 16.8 Å². The number of halogens is 2. The van der Waals surface area contributed by atoms with E-state index in [9.17, 15) is 4.79 Å². The molecule has 0 saturated carbocycles. The Morgan fingerprint density at radius 2 is 1.86 bits per heavy atom. The first kappa shape index (κ1) is 15.6. The fraction of sp³-hybridized carbons (Fsp3) is 0.118. The van der Waals surface area contributed by atoms with Crippen LogP contribution in [0, 0.1) is 13.8 Å². The SMILES string of the molecule is Cc1ccc(C)c(N/C=C/C(=O)c2ccc(Cl)cc2Cl)c1. The van der Waals surface area contributed by atoms with E-state index in [1.54, 1.807) is 24.4 Å². The third kappa shape index (κ3) is 4.10. The number of nitrogens with one attached hydrogen (secondary N) is 1. The first-order chi connectivity index (χ1) is 9.97. The van der Waals surface area contributed by atoms with Gasteiger partial charge in [0.15, 0.2) is 5.78 Å². The van der Waals surface area contributed by atoms with Crippen LogP contribution < -0.4 is 5.32 Å². The smallest absolute Gasteiger partial charge is 0.188 e. The van der Waals surface area contributed by atoms with Gasteiger partial charge in [-0.25, -0.2) is 0 Å². The average Bonchev–Trinajstić information content (AvgIpc) is 2.42. The normalized spacial score (nSPS) is 10.9. The molecule has 0 heterocycles. The van der Waals surface area contributed by atoms with Gasteiger partial charge in [-0.15, -0.1) is 0 Å². The lowest BCUT2D eigenvalue weighted by Crippen LogP contribution is -1.98. The number of anilines is 1. The molecule has 0 aliphatic rings. The van der Waals surface area contributed by atoms with E-state index in [4.69, 9.17) is 23.2 Å². The van der Waals surface area contributed by atoms with Gasteiger partial charge in [-0.05, 0) is 49.2 Å². The molecule has 0 unspecified atom stereocenters. The Kier molecular flexibility index (Phi) is 5.05. The highest BCUT2D eigenvalue weighted by atomic mass is 35.5. The monoisotopic (exact) mass is 319 g/mol. The third-order valence-electron chi connectivity index (χ3n) is 3.06. The van der Waals surface area contributed by atoms with Crippen LogP contribution in [-0.2, 0) is 0 Å². The number of carbonyl (C=O) groups is 1. The number of rotatable bonds is 4. The van der Waals surface area contributed by atoms with Crippen molar-refractivity contribution in [2.75, 3.05) is 5.32 Å². The largest absolute Gasteiger partial charge is 0.361 e. The summed E-state index contributed by atoms with van der Waals surface area (Å²) >= 11 is 11.8. The van der Waals surface area contributed by atoms with Gasteiger partial charge in [-0.3, -0.25) is 4.79 Å². The van der Waals surface area contributed by atoms with Gasteiger partial charge in [0, 0.05) is 28.5 Å². The lowest BCUT2D eigenvalue weighted by molar-refractivity contribution is 0.104. The van der Waals surface area contributed by atoms with Crippen LogP contribution in [0.1, 0.15) is 21.5 Å². The van der Waals surface area contributed by atoms with E-state index >= 15 is 0 Å². The second kappa shape index (κ2) is 6.79. The number of allylic oxidation sites excluding steroid dienone is 1. The highest BCUT2D eigenvalue weighted by molar-refractivity contribution is 6.37. The Morgan fingerprint density at radius 1 is 1.10 bits per heavy atom. The molecule has 2 rings (SSSR count). The summed E-state index contributed by atoms with van der Waals surface area (Å²) in [5.41, 5.74) is 3.67. The van der Waals surface area contributed by atoms with E-state index in [2.05, 4.69) is 5.32 Å². The van der Waals surface area contributed by atoms with Gasteiger partial charge in [-0.2, -0.15) is 0 Å². The van der Waals surface area contributed by atoms with Gasteiger partial charge >= 0.3 is 0 Å². The molecule has 4 heteroatoms. The predicted octanol–water partition coefficient (Wildman–Crippen LogP) is 5.42. The Bertz CT molecular complexity index is 708. The van der Waals surface area contributed by atoms with Crippen LogP contribution in [0.15, 0.2) is 48.7 Å². The summed E-state index contributed by atoms with van der Waals surface area (Å²) in [6.45, 7) is 4.03. The summed E-state index contributed by atoms with van der Waals surface area (Å²) in [5.74, 6) is -0.172. The van der Waals surface area contributed by atoms with Gasteiger partial charge < -0.3 is 5.32 Å². The zero-order chi connectivity index (χ0) is 15.4. The third-order valence-corrected chi connectivity index (χ3v) is 3.61. The maximum Gasteiger partial charge on any atom is 0.188 e. The summed E-state index contributed by atoms with van der Waals surface area (Å²) in [6.07, 6.45) is 3.08. The molecular weight excluding hydrogens is 305 g/mol. The topological polar surface area (TPSA) is 29.1 Å². The molecule has 0 amide bonds. The molecule has 21 heavy (non-hydrogen) atoms. The highest BCUT2D eigenvalue weighted by Gasteiger charge is 2.07. The van der Waals surface area contributed by atoms with Gasteiger partial charge in [0.05, 0.1) is 5.02 Å². The van der Waals surface area contributed by atoms with Crippen molar-refractivity contribution < 1.29 is 4.79 Å². The Balaban J connectivity index is 2.10. The van der Waals surface area contributed by atoms with Crippen molar-refractivity contribution in [3.05, 3.63) is 75.4 Å². The number of ketones is 1. The number of carbonyl (C=O) groups excluding carboxylic acids is 1. The Morgan fingerprint density at radius 3 is 2.57 bits per heavy atom. The molecule has 1 N–H and O–H groups in total. The minimum atomic E-state index is -0.172. The van der Waals surface area contributed by atoms with Crippen LogP contribution in [0.25, 0.3) is 0 Å². The van der Waals surface area contributed by atoms with Crippen LogP contribution >= 0.6 is 23.2 Å². The van der Waals surface area contributed by atoms with Gasteiger partial charge in [-0.1, -0.05) is 35.3 Å². The molecule has 0 radical (unpaired) electrons. The van der Waals surface area contributed by atoms with Crippen LogP contribution in [-0.4, -0.2) is 5.78 Å². The lowest BCUT2D eigenvalue weighted by Gasteiger charge is -2.06. The van der Waals surface area contributed by atoms with Crippen molar-refractivity contribution in [1.82, 2.24) is 0 Å². The maximum absolute atomic E-state index is 12.1. The average molecular weight is 320 g/mol. The first-order valence-electron chi connectivity index (χ1n) is 6.47. The van der Waals surface area contributed by atoms with Crippen LogP contribution in [0.4, 0.5) is 5.69 Å². The lowest BCUT2D eigenvalue weighted by atomic mass is 10.1. The standard InChI is InChI=1S/C17H15Cl2NO/c1-11-3-4-12(2)16(9-11)20-8-7-17(21)14-6-5-13(18)10-15(14)19/h3-10,20H,1-2H3/b8-7+. The molecule has 0 aromatic heterocycles. The summed E-state index contributed by atoms with van der Waals surface area (Å²) in [7, 11) is 0. The summed E-state index contributed by atoms with van der Waals surface area (Å²) < 4.78 is 0. The minimum absolute atomic E-state index is 0.172. The van der Waals surface area contributed by atoms with Crippen LogP contribution in [0.2, 0.25) is 10.0 Å². The fourth-order valence-electron chi connectivity index (χ4n) is 1.88. The molecule has 0 spiro atoms. The number of benzene rings is 2. The van der Waals surface area contributed by atoms with E-state index in [0.29, 0.717) is 15.6 Å². The molecule has 0 bridgehead atoms. The molecule has 0 saturated heterocycles. The highest BCUT2D eigenvalue weighted by Crippen LogP contribution is 2.22. The quantitative estimate of drug-likeness (QED) is 0.602.